The monoisotopic (exact) mass is 458 g/mol. The van der Waals surface area contributed by atoms with E-state index >= 15 is 0 Å². The molecule has 1 N–H and O–H groups in total. The molecule has 0 radical (unpaired) electrons. The van der Waals surface area contributed by atoms with E-state index in [1.807, 2.05) is 71.2 Å². The average molecular weight is 459 g/mol. The fourth-order valence-corrected chi connectivity index (χ4v) is 3.87. The highest BCUT2D eigenvalue weighted by molar-refractivity contribution is 5.93. The van der Waals surface area contributed by atoms with E-state index in [0.29, 0.717) is 39.3 Å². The molecule has 1 aliphatic heterocycles. The fraction of sp³-hybridized carbons (Fsp3) is 0.308. The second-order valence-corrected chi connectivity index (χ2v) is 8.24. The number of para-hydroxylation sites is 1. The van der Waals surface area contributed by atoms with Gasteiger partial charge < -0.3 is 10.2 Å². The number of carbonyl (C=O) groups excluding carboxylic acids is 2. The number of rotatable bonds is 8. The highest BCUT2D eigenvalue weighted by Gasteiger charge is 2.21. The van der Waals surface area contributed by atoms with Crippen molar-refractivity contribution in [2.75, 3.05) is 39.3 Å². The van der Waals surface area contributed by atoms with E-state index in [-0.39, 0.29) is 11.8 Å². The van der Waals surface area contributed by atoms with E-state index in [1.54, 1.807) is 18.5 Å². The van der Waals surface area contributed by atoms with Crippen LogP contribution in [0.2, 0.25) is 0 Å². The average Bonchev–Trinajstić information content (AvgIpc) is 3.32. The van der Waals surface area contributed by atoms with E-state index in [0.717, 1.165) is 28.9 Å². The van der Waals surface area contributed by atoms with Crippen molar-refractivity contribution >= 4 is 17.9 Å². The van der Waals surface area contributed by atoms with Gasteiger partial charge in [-0.15, -0.1) is 0 Å². The normalized spacial score (nSPS) is 14.4. The van der Waals surface area contributed by atoms with Crippen molar-refractivity contribution in [2.24, 2.45) is 0 Å². The van der Waals surface area contributed by atoms with Crippen molar-refractivity contribution < 1.29 is 9.59 Å². The van der Waals surface area contributed by atoms with Crippen molar-refractivity contribution in [1.82, 2.24) is 29.9 Å². The summed E-state index contributed by atoms with van der Waals surface area (Å²) in [5.41, 5.74) is 3.44. The molecule has 1 saturated heterocycles. The van der Waals surface area contributed by atoms with Crippen LogP contribution in [-0.2, 0) is 9.59 Å². The van der Waals surface area contributed by atoms with Crippen LogP contribution in [0.5, 0.6) is 0 Å². The number of hydrogen-bond donors (Lipinski definition) is 1. The van der Waals surface area contributed by atoms with Crippen molar-refractivity contribution in [1.29, 1.82) is 0 Å². The summed E-state index contributed by atoms with van der Waals surface area (Å²) in [6.07, 6.45) is 9.77. The Morgan fingerprint density at radius 2 is 1.85 bits per heavy atom. The van der Waals surface area contributed by atoms with Gasteiger partial charge in [-0.25, -0.2) is 4.68 Å². The van der Waals surface area contributed by atoms with Gasteiger partial charge in [0.05, 0.1) is 12.2 Å². The zero-order chi connectivity index (χ0) is 23.8. The minimum Gasteiger partial charge on any atom is -0.355 e. The Morgan fingerprint density at radius 1 is 1.06 bits per heavy atom. The van der Waals surface area contributed by atoms with Crippen LogP contribution < -0.4 is 5.32 Å². The van der Waals surface area contributed by atoms with E-state index in [4.69, 9.17) is 5.10 Å². The van der Waals surface area contributed by atoms with Crippen LogP contribution in [0.15, 0.2) is 67.1 Å². The second kappa shape index (κ2) is 11.4. The Morgan fingerprint density at radius 3 is 2.56 bits per heavy atom. The molecule has 8 nitrogen and oxygen atoms in total. The maximum atomic E-state index is 12.9. The Kier molecular flexibility index (Phi) is 7.83. The largest absolute Gasteiger partial charge is 0.355 e. The molecule has 3 heterocycles. The van der Waals surface area contributed by atoms with E-state index in [1.165, 1.54) is 0 Å². The topological polar surface area (TPSA) is 83.4 Å². The first kappa shape index (κ1) is 23.4. The first-order valence-corrected chi connectivity index (χ1v) is 11.7. The minimum absolute atomic E-state index is 0.0416. The summed E-state index contributed by atoms with van der Waals surface area (Å²) in [4.78, 5) is 32.9. The quantitative estimate of drug-likeness (QED) is 0.525. The number of piperazine rings is 1. The molecule has 34 heavy (non-hydrogen) atoms. The van der Waals surface area contributed by atoms with Crippen molar-refractivity contribution in [3.63, 3.8) is 0 Å². The molecule has 1 aliphatic rings. The summed E-state index contributed by atoms with van der Waals surface area (Å²) in [5.74, 6) is -0.000404. The standard InChI is InChI=1S/C26H30N6O2/c1-2-12-28-24(33)20-30-14-16-31(17-15-30)25(34)11-10-22-19-32(23-8-4-3-5-9-23)29-26(22)21-7-6-13-27-18-21/h3-11,13,18-19H,2,12,14-17,20H2,1H3,(H,28,33)/b11-10+. The highest BCUT2D eigenvalue weighted by Crippen LogP contribution is 2.24. The summed E-state index contributed by atoms with van der Waals surface area (Å²) < 4.78 is 1.81. The van der Waals surface area contributed by atoms with Gasteiger partial charge in [-0.1, -0.05) is 25.1 Å². The Hall–Kier alpha value is -3.78. The number of carbonyl (C=O) groups is 2. The molecule has 1 fully saturated rings. The van der Waals surface area contributed by atoms with E-state index in [2.05, 4.69) is 15.2 Å². The summed E-state index contributed by atoms with van der Waals surface area (Å²) in [6, 6.07) is 13.7. The number of nitrogens with zero attached hydrogens (tertiary/aromatic N) is 5. The molecule has 0 bridgehead atoms. The van der Waals surface area contributed by atoms with Gasteiger partial charge >= 0.3 is 0 Å². The SMILES string of the molecule is CCCNC(=O)CN1CCN(C(=O)/C=C/c2cn(-c3ccccc3)nc2-c2cccnc2)CC1. The van der Waals surface area contributed by atoms with Gasteiger partial charge in [0, 0.05) is 68.5 Å². The summed E-state index contributed by atoms with van der Waals surface area (Å²) >= 11 is 0. The first-order chi connectivity index (χ1) is 16.6. The maximum absolute atomic E-state index is 12.9. The van der Waals surface area contributed by atoms with Crippen LogP contribution in [0.25, 0.3) is 23.0 Å². The van der Waals surface area contributed by atoms with Crippen molar-refractivity contribution in [3.8, 4) is 16.9 Å². The van der Waals surface area contributed by atoms with Gasteiger partial charge in [-0.2, -0.15) is 5.10 Å². The zero-order valence-corrected chi connectivity index (χ0v) is 19.4. The molecule has 0 spiro atoms. The number of pyridine rings is 1. The van der Waals surface area contributed by atoms with Crippen molar-refractivity contribution in [2.45, 2.75) is 13.3 Å². The number of benzene rings is 1. The van der Waals surface area contributed by atoms with Gasteiger partial charge in [0.25, 0.3) is 0 Å². The number of aromatic nitrogens is 3. The number of amides is 2. The Balaban J connectivity index is 1.43. The minimum atomic E-state index is -0.0420. The number of nitrogens with one attached hydrogen (secondary N) is 1. The van der Waals surface area contributed by atoms with Crippen LogP contribution in [-0.4, -0.2) is 75.6 Å². The molecule has 0 aliphatic carbocycles. The first-order valence-electron chi connectivity index (χ1n) is 11.7. The zero-order valence-electron chi connectivity index (χ0n) is 19.4. The second-order valence-electron chi connectivity index (χ2n) is 8.24. The molecular formula is C26H30N6O2. The lowest BCUT2D eigenvalue weighted by Gasteiger charge is -2.33. The maximum Gasteiger partial charge on any atom is 0.246 e. The summed E-state index contributed by atoms with van der Waals surface area (Å²) in [7, 11) is 0. The fourth-order valence-electron chi connectivity index (χ4n) is 3.87. The lowest BCUT2D eigenvalue weighted by atomic mass is 10.1. The van der Waals surface area contributed by atoms with Crippen LogP contribution in [0.4, 0.5) is 0 Å². The predicted octanol–water partition coefficient (Wildman–Crippen LogP) is 2.62. The molecule has 1 aromatic carbocycles. The molecule has 0 unspecified atom stereocenters. The Labute approximate surface area is 199 Å². The van der Waals surface area contributed by atoms with Gasteiger partial charge in [0.1, 0.15) is 5.69 Å². The number of hydrogen-bond acceptors (Lipinski definition) is 5. The van der Waals surface area contributed by atoms with Crippen LogP contribution in [0, 0.1) is 0 Å². The lowest BCUT2D eigenvalue weighted by Crippen LogP contribution is -2.50. The van der Waals surface area contributed by atoms with E-state index in [9.17, 15) is 9.59 Å². The predicted molar refractivity (Wildman–Crippen MR) is 132 cm³/mol. The molecule has 4 rings (SSSR count). The molecule has 176 valence electrons. The van der Waals surface area contributed by atoms with Crippen LogP contribution in [0.1, 0.15) is 18.9 Å². The molecular weight excluding hydrogens is 428 g/mol. The van der Waals surface area contributed by atoms with Gasteiger partial charge in [-0.05, 0) is 36.8 Å². The van der Waals surface area contributed by atoms with Gasteiger partial charge in [0.2, 0.25) is 11.8 Å². The van der Waals surface area contributed by atoms with E-state index < -0.39 is 0 Å². The van der Waals surface area contributed by atoms with Crippen molar-refractivity contribution in [3.05, 3.63) is 72.7 Å². The molecule has 0 atom stereocenters. The summed E-state index contributed by atoms with van der Waals surface area (Å²) in [6.45, 7) is 5.68. The summed E-state index contributed by atoms with van der Waals surface area (Å²) in [5, 5.41) is 7.66. The molecule has 2 amide bonds. The lowest BCUT2D eigenvalue weighted by molar-refractivity contribution is -0.128. The van der Waals surface area contributed by atoms with Gasteiger partial charge in [-0.3, -0.25) is 19.5 Å². The molecule has 3 aromatic rings. The Bertz CT molecular complexity index is 1120. The smallest absolute Gasteiger partial charge is 0.246 e. The third-order valence-electron chi connectivity index (χ3n) is 5.73. The molecule has 8 heteroatoms. The van der Waals surface area contributed by atoms with Crippen LogP contribution >= 0.6 is 0 Å². The molecule has 0 saturated carbocycles. The van der Waals surface area contributed by atoms with Crippen LogP contribution in [0.3, 0.4) is 0 Å². The highest BCUT2D eigenvalue weighted by atomic mass is 16.2. The molecule has 2 aromatic heterocycles. The van der Waals surface area contributed by atoms with Gasteiger partial charge in [0.15, 0.2) is 0 Å². The third kappa shape index (κ3) is 5.96. The third-order valence-corrected chi connectivity index (χ3v) is 5.73.